The Balaban J connectivity index is 1.87. The maximum Gasteiger partial charge on any atom is 0.244 e. The van der Waals surface area contributed by atoms with Gasteiger partial charge in [0.15, 0.2) is 0 Å². The summed E-state index contributed by atoms with van der Waals surface area (Å²) in [6.45, 7) is 2.14. The van der Waals surface area contributed by atoms with Gasteiger partial charge in [-0.3, -0.25) is 4.79 Å². The molecule has 0 aliphatic heterocycles. The molecule has 23 heavy (non-hydrogen) atoms. The maximum absolute atomic E-state index is 12.3. The molecule has 0 spiro atoms. The first-order chi connectivity index (χ1) is 11.2. The molecule has 3 aromatic rings. The van der Waals surface area contributed by atoms with Gasteiger partial charge in [-0.2, -0.15) is 0 Å². The van der Waals surface area contributed by atoms with E-state index in [2.05, 4.69) is 10.5 Å². The lowest BCUT2D eigenvalue weighted by Crippen LogP contribution is -2.18. The van der Waals surface area contributed by atoms with E-state index < -0.39 is 0 Å². The van der Waals surface area contributed by atoms with Crippen LogP contribution in [0.3, 0.4) is 0 Å². The summed E-state index contributed by atoms with van der Waals surface area (Å²) in [5, 5.41) is 15.7. The highest BCUT2D eigenvalue weighted by atomic mass is 16.4. The van der Waals surface area contributed by atoms with E-state index in [4.69, 9.17) is 5.21 Å². The van der Waals surface area contributed by atoms with Crippen molar-refractivity contribution in [2.75, 3.05) is 5.32 Å². The average Bonchev–Trinajstić information content (AvgIpc) is 2.88. The third kappa shape index (κ3) is 3.08. The number of oxime groups is 1. The van der Waals surface area contributed by atoms with Gasteiger partial charge in [0.1, 0.15) is 6.54 Å². The van der Waals surface area contributed by atoms with Gasteiger partial charge in [0.2, 0.25) is 5.91 Å². The molecule has 0 saturated heterocycles. The Morgan fingerprint density at radius 3 is 2.74 bits per heavy atom. The lowest BCUT2D eigenvalue weighted by molar-refractivity contribution is -0.116. The zero-order chi connectivity index (χ0) is 16.2. The number of nitrogens with zero attached hydrogens (tertiary/aromatic N) is 2. The number of aromatic nitrogens is 1. The van der Waals surface area contributed by atoms with Gasteiger partial charge in [-0.25, -0.2) is 0 Å². The van der Waals surface area contributed by atoms with E-state index in [-0.39, 0.29) is 12.5 Å². The van der Waals surface area contributed by atoms with Crippen LogP contribution in [0.5, 0.6) is 0 Å². The Kier molecular flexibility index (Phi) is 4.10. The lowest BCUT2D eigenvalue weighted by Gasteiger charge is -2.09. The number of aryl methyl sites for hydroxylation is 1. The third-order valence-electron chi connectivity index (χ3n) is 3.75. The van der Waals surface area contributed by atoms with Gasteiger partial charge >= 0.3 is 0 Å². The Morgan fingerprint density at radius 2 is 1.96 bits per heavy atom. The molecule has 5 heteroatoms. The van der Waals surface area contributed by atoms with Crippen molar-refractivity contribution in [1.29, 1.82) is 0 Å². The number of hydrogen-bond acceptors (Lipinski definition) is 3. The quantitative estimate of drug-likeness (QED) is 0.441. The fourth-order valence-electron chi connectivity index (χ4n) is 2.63. The van der Waals surface area contributed by atoms with Crippen LogP contribution in [-0.4, -0.2) is 21.9 Å². The second-order valence-corrected chi connectivity index (χ2v) is 5.34. The van der Waals surface area contributed by atoms with Crippen LogP contribution in [0.25, 0.3) is 10.9 Å². The Bertz CT molecular complexity index is 881. The van der Waals surface area contributed by atoms with Gasteiger partial charge in [-0.05, 0) is 24.6 Å². The number of para-hydroxylation sites is 2. The average molecular weight is 307 g/mol. The molecule has 0 aliphatic carbocycles. The van der Waals surface area contributed by atoms with Crippen LogP contribution in [-0.2, 0) is 11.3 Å². The van der Waals surface area contributed by atoms with Crippen molar-refractivity contribution in [2.45, 2.75) is 13.5 Å². The SMILES string of the molecule is Cc1ccccc1NC(=O)Cn1cc(C=NO)c2ccccc21. The highest BCUT2D eigenvalue weighted by Crippen LogP contribution is 2.20. The highest BCUT2D eigenvalue weighted by Gasteiger charge is 2.10. The number of hydrogen-bond donors (Lipinski definition) is 2. The van der Waals surface area contributed by atoms with Crippen molar-refractivity contribution in [2.24, 2.45) is 5.16 Å². The first-order valence-electron chi connectivity index (χ1n) is 7.30. The molecular formula is C18H17N3O2. The van der Waals surface area contributed by atoms with Crippen molar-refractivity contribution in [1.82, 2.24) is 4.57 Å². The molecule has 0 bridgehead atoms. The molecule has 1 aromatic heterocycles. The van der Waals surface area contributed by atoms with Gasteiger partial charge < -0.3 is 15.1 Å². The normalized spacial score (nSPS) is 11.2. The first kappa shape index (κ1) is 14.8. The van der Waals surface area contributed by atoms with E-state index in [1.54, 1.807) is 0 Å². The minimum atomic E-state index is -0.104. The first-order valence-corrected chi connectivity index (χ1v) is 7.30. The van der Waals surface area contributed by atoms with E-state index in [0.717, 1.165) is 27.7 Å². The number of carbonyl (C=O) groups excluding carboxylic acids is 1. The molecule has 1 amide bonds. The third-order valence-corrected chi connectivity index (χ3v) is 3.75. The summed E-state index contributed by atoms with van der Waals surface area (Å²) in [7, 11) is 0. The van der Waals surface area contributed by atoms with E-state index in [0.29, 0.717) is 0 Å². The fourth-order valence-corrected chi connectivity index (χ4v) is 2.63. The van der Waals surface area contributed by atoms with E-state index >= 15 is 0 Å². The molecule has 3 rings (SSSR count). The van der Waals surface area contributed by atoms with Gasteiger partial charge in [0.25, 0.3) is 0 Å². The molecule has 5 nitrogen and oxygen atoms in total. The van der Waals surface area contributed by atoms with Gasteiger partial charge in [-0.15, -0.1) is 0 Å². The Morgan fingerprint density at radius 1 is 1.22 bits per heavy atom. The molecule has 0 unspecified atom stereocenters. The molecule has 0 radical (unpaired) electrons. The minimum Gasteiger partial charge on any atom is -0.411 e. The van der Waals surface area contributed by atoms with Gasteiger partial charge in [-0.1, -0.05) is 41.6 Å². The molecule has 1 heterocycles. The summed E-state index contributed by atoms with van der Waals surface area (Å²) < 4.78 is 1.85. The van der Waals surface area contributed by atoms with Crippen molar-refractivity contribution in [3.8, 4) is 0 Å². The predicted molar refractivity (Wildman–Crippen MR) is 91.1 cm³/mol. The standard InChI is InChI=1S/C18H17N3O2/c1-13-6-2-4-8-16(13)20-18(22)12-21-11-14(10-19-23)15-7-3-5-9-17(15)21/h2-11,23H,12H2,1H3,(H,20,22). The van der Waals surface area contributed by atoms with Crippen LogP contribution in [0, 0.1) is 6.92 Å². The number of nitrogens with one attached hydrogen (secondary N) is 1. The van der Waals surface area contributed by atoms with E-state index in [1.165, 1.54) is 6.21 Å². The van der Waals surface area contributed by atoms with Crippen LogP contribution in [0.4, 0.5) is 5.69 Å². The highest BCUT2D eigenvalue weighted by molar-refractivity contribution is 6.00. The molecule has 2 aromatic carbocycles. The van der Waals surface area contributed by atoms with Crippen molar-refractivity contribution >= 4 is 28.7 Å². The van der Waals surface area contributed by atoms with Crippen molar-refractivity contribution < 1.29 is 10.0 Å². The molecule has 0 fully saturated rings. The van der Waals surface area contributed by atoms with Crippen LogP contribution in [0.15, 0.2) is 59.9 Å². The molecule has 116 valence electrons. The summed E-state index contributed by atoms with van der Waals surface area (Å²) in [5.74, 6) is -0.104. The smallest absolute Gasteiger partial charge is 0.244 e. The molecule has 0 saturated carbocycles. The lowest BCUT2D eigenvalue weighted by atomic mass is 10.2. The summed E-state index contributed by atoms with van der Waals surface area (Å²) in [6.07, 6.45) is 3.18. The van der Waals surface area contributed by atoms with Crippen LogP contribution >= 0.6 is 0 Å². The maximum atomic E-state index is 12.3. The molecule has 0 aliphatic rings. The van der Waals surface area contributed by atoms with Crippen LogP contribution in [0.1, 0.15) is 11.1 Å². The van der Waals surface area contributed by atoms with E-state index in [9.17, 15) is 4.79 Å². The molecule has 0 atom stereocenters. The monoisotopic (exact) mass is 307 g/mol. The summed E-state index contributed by atoms with van der Waals surface area (Å²) in [6, 6.07) is 15.4. The summed E-state index contributed by atoms with van der Waals surface area (Å²) in [5.41, 5.74) is 3.52. The topological polar surface area (TPSA) is 66.6 Å². The minimum absolute atomic E-state index is 0.104. The van der Waals surface area contributed by atoms with Gasteiger partial charge in [0, 0.05) is 28.4 Å². The number of rotatable bonds is 4. The largest absolute Gasteiger partial charge is 0.411 e. The Hall–Kier alpha value is -3.08. The zero-order valence-corrected chi connectivity index (χ0v) is 12.7. The fraction of sp³-hybridized carbons (Fsp3) is 0.111. The predicted octanol–water partition coefficient (Wildman–Crippen LogP) is 3.40. The summed E-state index contributed by atoms with van der Waals surface area (Å²) in [4.78, 5) is 12.3. The van der Waals surface area contributed by atoms with E-state index in [1.807, 2.05) is 66.2 Å². The molecule has 2 N–H and O–H groups in total. The molecular weight excluding hydrogens is 290 g/mol. The summed E-state index contributed by atoms with van der Waals surface area (Å²) >= 11 is 0. The van der Waals surface area contributed by atoms with Crippen LogP contribution in [0.2, 0.25) is 0 Å². The van der Waals surface area contributed by atoms with Crippen LogP contribution < -0.4 is 5.32 Å². The number of benzene rings is 2. The number of fused-ring (bicyclic) bond motifs is 1. The van der Waals surface area contributed by atoms with Crippen molar-refractivity contribution in [3.05, 3.63) is 65.9 Å². The van der Waals surface area contributed by atoms with Gasteiger partial charge in [0.05, 0.1) is 6.21 Å². The Labute approximate surface area is 133 Å². The second-order valence-electron chi connectivity index (χ2n) is 5.34. The zero-order valence-electron chi connectivity index (χ0n) is 12.7. The number of amides is 1. The van der Waals surface area contributed by atoms with Crippen molar-refractivity contribution in [3.63, 3.8) is 0 Å². The second kappa shape index (κ2) is 6.36. The number of anilines is 1. The number of carbonyl (C=O) groups is 1.